The van der Waals surface area contributed by atoms with Gasteiger partial charge in [0.2, 0.25) is 5.54 Å². The number of aryl methyl sites for hydroxylation is 1. The van der Waals surface area contributed by atoms with Crippen molar-refractivity contribution in [2.24, 2.45) is 0 Å². The zero-order valence-corrected chi connectivity index (χ0v) is 10.5. The molecule has 0 bridgehead atoms. The fraction of sp³-hybridized carbons (Fsp3) is 0.333. The Hall–Kier alpha value is -2.12. The number of rotatable bonds is 3. The lowest BCUT2D eigenvalue weighted by molar-refractivity contribution is -0.203. The molecular formula is C12H11F4NO3. The number of hydrogen-bond donors (Lipinski definition) is 2. The minimum absolute atomic E-state index is 0.0571. The Balaban J connectivity index is 3.09. The smallest absolute Gasteiger partial charge is 0.422 e. The lowest BCUT2D eigenvalue weighted by atomic mass is 10.0. The molecule has 20 heavy (non-hydrogen) atoms. The standard InChI is InChI=1S/C12H11F4NO3/c1-6-5-7(3-4-8(6)13)9(18)17-11(2,10(19)20)12(14,15)16/h3-5H,1-2H3,(H,17,18)(H,19,20). The van der Waals surface area contributed by atoms with Crippen LogP contribution in [0, 0.1) is 12.7 Å². The Labute approximate surface area is 111 Å². The van der Waals surface area contributed by atoms with E-state index in [0.29, 0.717) is 6.92 Å². The average molecular weight is 293 g/mol. The SMILES string of the molecule is Cc1cc(C(=O)NC(C)(C(=O)O)C(F)(F)F)ccc1F. The largest absolute Gasteiger partial charge is 0.479 e. The number of halogens is 4. The zero-order valence-electron chi connectivity index (χ0n) is 10.5. The van der Waals surface area contributed by atoms with Crippen molar-refractivity contribution in [2.45, 2.75) is 25.6 Å². The van der Waals surface area contributed by atoms with E-state index in [1.54, 1.807) is 0 Å². The van der Waals surface area contributed by atoms with Crippen molar-refractivity contribution < 1.29 is 32.3 Å². The third kappa shape index (κ3) is 2.89. The number of amides is 1. The topological polar surface area (TPSA) is 66.4 Å². The molecule has 0 aromatic heterocycles. The van der Waals surface area contributed by atoms with Gasteiger partial charge in [0.05, 0.1) is 0 Å². The van der Waals surface area contributed by atoms with E-state index in [0.717, 1.165) is 18.2 Å². The molecule has 0 fully saturated rings. The molecule has 0 aliphatic heterocycles. The van der Waals surface area contributed by atoms with Crippen LogP contribution in [0.5, 0.6) is 0 Å². The van der Waals surface area contributed by atoms with Crippen LogP contribution in [0.2, 0.25) is 0 Å². The fourth-order valence-electron chi connectivity index (χ4n) is 1.33. The molecular weight excluding hydrogens is 282 g/mol. The number of carboxylic acids is 1. The van der Waals surface area contributed by atoms with E-state index in [-0.39, 0.29) is 11.1 Å². The van der Waals surface area contributed by atoms with Crippen molar-refractivity contribution in [3.63, 3.8) is 0 Å². The van der Waals surface area contributed by atoms with Crippen LogP contribution in [0.25, 0.3) is 0 Å². The second-order valence-electron chi connectivity index (χ2n) is 4.35. The molecule has 0 spiro atoms. The fourth-order valence-corrected chi connectivity index (χ4v) is 1.33. The van der Waals surface area contributed by atoms with Crippen molar-refractivity contribution in [1.82, 2.24) is 5.32 Å². The highest BCUT2D eigenvalue weighted by molar-refractivity contribution is 5.98. The molecule has 1 unspecified atom stereocenters. The highest BCUT2D eigenvalue weighted by atomic mass is 19.4. The van der Waals surface area contributed by atoms with Gasteiger partial charge in [0.1, 0.15) is 5.82 Å². The monoisotopic (exact) mass is 293 g/mol. The molecule has 110 valence electrons. The third-order valence-corrected chi connectivity index (χ3v) is 2.78. The van der Waals surface area contributed by atoms with Crippen LogP contribution in [0.3, 0.4) is 0 Å². The van der Waals surface area contributed by atoms with Crippen molar-refractivity contribution in [3.8, 4) is 0 Å². The third-order valence-electron chi connectivity index (χ3n) is 2.78. The first-order valence-electron chi connectivity index (χ1n) is 5.38. The number of carboxylic acid groups (broad SMARTS) is 1. The number of alkyl halides is 3. The summed E-state index contributed by atoms with van der Waals surface area (Å²) in [7, 11) is 0. The summed E-state index contributed by atoms with van der Waals surface area (Å²) in [5, 5.41) is 10.1. The van der Waals surface area contributed by atoms with Gasteiger partial charge in [-0.15, -0.1) is 0 Å². The van der Waals surface area contributed by atoms with Crippen LogP contribution in [0.4, 0.5) is 17.6 Å². The number of carbonyl (C=O) groups is 2. The molecule has 2 N–H and O–H groups in total. The first kappa shape index (κ1) is 15.9. The highest BCUT2D eigenvalue weighted by Crippen LogP contribution is 2.30. The maximum atomic E-state index is 13.0. The van der Waals surface area contributed by atoms with E-state index in [2.05, 4.69) is 0 Å². The molecule has 1 aromatic rings. The summed E-state index contributed by atoms with van der Waals surface area (Å²) < 4.78 is 51.2. The highest BCUT2D eigenvalue weighted by Gasteiger charge is 2.58. The number of aliphatic carboxylic acids is 1. The van der Waals surface area contributed by atoms with Crippen LogP contribution in [0.1, 0.15) is 22.8 Å². The Morgan fingerprint density at radius 2 is 1.80 bits per heavy atom. The lowest BCUT2D eigenvalue weighted by Crippen LogP contribution is -2.61. The van der Waals surface area contributed by atoms with Gasteiger partial charge in [0.25, 0.3) is 5.91 Å². The van der Waals surface area contributed by atoms with Gasteiger partial charge in [-0.2, -0.15) is 13.2 Å². The molecule has 1 aromatic carbocycles. The molecule has 0 saturated carbocycles. The number of benzene rings is 1. The van der Waals surface area contributed by atoms with Gasteiger partial charge in [-0.3, -0.25) is 4.79 Å². The predicted molar refractivity (Wildman–Crippen MR) is 60.7 cm³/mol. The van der Waals surface area contributed by atoms with Gasteiger partial charge in [0, 0.05) is 5.56 Å². The first-order chi connectivity index (χ1) is 8.99. The van der Waals surface area contributed by atoms with E-state index in [4.69, 9.17) is 5.11 Å². The molecule has 0 aliphatic carbocycles. The van der Waals surface area contributed by atoms with Crippen LogP contribution < -0.4 is 5.32 Å². The number of carbonyl (C=O) groups excluding carboxylic acids is 1. The molecule has 0 heterocycles. The summed E-state index contributed by atoms with van der Waals surface area (Å²) in [5.74, 6) is -4.12. The Bertz CT molecular complexity index is 556. The van der Waals surface area contributed by atoms with Crippen LogP contribution in [-0.4, -0.2) is 28.7 Å². The molecule has 1 amide bonds. The van der Waals surface area contributed by atoms with Gasteiger partial charge in [-0.05, 0) is 37.6 Å². The van der Waals surface area contributed by atoms with Gasteiger partial charge in [-0.25, -0.2) is 9.18 Å². The molecule has 4 nitrogen and oxygen atoms in total. The van der Waals surface area contributed by atoms with Gasteiger partial charge < -0.3 is 10.4 Å². The van der Waals surface area contributed by atoms with E-state index in [1.807, 2.05) is 0 Å². The Kier molecular flexibility index (Phi) is 4.07. The van der Waals surface area contributed by atoms with Gasteiger partial charge in [-0.1, -0.05) is 0 Å². The van der Waals surface area contributed by atoms with E-state index < -0.39 is 29.4 Å². The summed E-state index contributed by atoms with van der Waals surface area (Å²) in [6.45, 7) is 1.66. The van der Waals surface area contributed by atoms with Gasteiger partial charge in [0.15, 0.2) is 0 Å². The van der Waals surface area contributed by atoms with E-state index >= 15 is 0 Å². The second kappa shape index (κ2) is 5.10. The Morgan fingerprint density at radius 3 is 2.20 bits per heavy atom. The quantitative estimate of drug-likeness (QED) is 0.840. The molecule has 0 radical (unpaired) electrons. The zero-order chi connectivity index (χ0) is 15.7. The summed E-state index contributed by atoms with van der Waals surface area (Å²) >= 11 is 0. The molecule has 1 atom stereocenters. The molecule has 0 aliphatic rings. The van der Waals surface area contributed by atoms with Gasteiger partial charge >= 0.3 is 12.1 Å². The van der Waals surface area contributed by atoms with Crippen molar-refractivity contribution in [1.29, 1.82) is 0 Å². The van der Waals surface area contributed by atoms with Crippen LogP contribution in [0.15, 0.2) is 18.2 Å². The molecule has 1 rings (SSSR count). The summed E-state index contributed by atoms with van der Waals surface area (Å²) in [6.07, 6.45) is -5.18. The molecule has 8 heteroatoms. The lowest BCUT2D eigenvalue weighted by Gasteiger charge is -2.28. The van der Waals surface area contributed by atoms with E-state index in [1.165, 1.54) is 12.2 Å². The first-order valence-corrected chi connectivity index (χ1v) is 5.38. The second-order valence-corrected chi connectivity index (χ2v) is 4.35. The summed E-state index contributed by atoms with van der Waals surface area (Å²) in [5.41, 5.74) is -3.63. The summed E-state index contributed by atoms with van der Waals surface area (Å²) in [6, 6.07) is 2.91. The van der Waals surface area contributed by atoms with Crippen molar-refractivity contribution in [2.75, 3.05) is 0 Å². The average Bonchev–Trinajstić information content (AvgIpc) is 2.30. The molecule has 0 saturated heterocycles. The van der Waals surface area contributed by atoms with Crippen molar-refractivity contribution in [3.05, 3.63) is 35.1 Å². The number of nitrogens with one attached hydrogen (secondary N) is 1. The maximum absolute atomic E-state index is 13.0. The minimum atomic E-state index is -5.18. The minimum Gasteiger partial charge on any atom is -0.479 e. The van der Waals surface area contributed by atoms with Crippen molar-refractivity contribution >= 4 is 11.9 Å². The summed E-state index contributed by atoms with van der Waals surface area (Å²) in [4.78, 5) is 22.4. The predicted octanol–water partition coefficient (Wildman–Crippen LogP) is 2.27. The van der Waals surface area contributed by atoms with Crippen LogP contribution >= 0.6 is 0 Å². The van der Waals surface area contributed by atoms with Crippen LogP contribution in [-0.2, 0) is 4.79 Å². The normalized spacial score (nSPS) is 14.5. The number of hydrogen-bond acceptors (Lipinski definition) is 2. The Morgan fingerprint density at radius 1 is 1.25 bits per heavy atom. The van der Waals surface area contributed by atoms with E-state index in [9.17, 15) is 27.2 Å². The maximum Gasteiger partial charge on any atom is 0.422 e.